The van der Waals surface area contributed by atoms with Gasteiger partial charge in [0.15, 0.2) is 0 Å². The fourth-order valence-corrected chi connectivity index (χ4v) is 6.94. The number of nitrogens with zero attached hydrogens (tertiary/aromatic N) is 2. The molecule has 2 fully saturated rings. The lowest BCUT2D eigenvalue weighted by Gasteiger charge is -2.28. The van der Waals surface area contributed by atoms with E-state index in [1.807, 2.05) is 0 Å². The highest BCUT2D eigenvalue weighted by atomic mass is 19.4. The number of methoxy groups -OCH3 is 1. The van der Waals surface area contributed by atoms with E-state index < -0.39 is 70.9 Å². The van der Waals surface area contributed by atoms with Crippen LogP contribution in [0.5, 0.6) is 5.75 Å². The number of urea groups is 1. The number of amides is 2. The maximum Gasteiger partial charge on any atom is 0.416 e. The summed E-state index contributed by atoms with van der Waals surface area (Å²) in [6.07, 6.45) is -15.0. The predicted octanol–water partition coefficient (Wildman–Crippen LogP) is 9.46. The van der Waals surface area contributed by atoms with Gasteiger partial charge in [-0.3, -0.25) is 0 Å². The Morgan fingerprint density at radius 3 is 1.94 bits per heavy atom. The van der Waals surface area contributed by atoms with Crippen molar-refractivity contribution in [1.29, 1.82) is 0 Å². The van der Waals surface area contributed by atoms with Gasteiger partial charge < -0.3 is 20.1 Å². The second-order valence-corrected chi connectivity index (χ2v) is 12.2. The van der Waals surface area contributed by atoms with Crippen molar-refractivity contribution >= 4 is 12.0 Å². The van der Waals surface area contributed by atoms with Gasteiger partial charge in [0, 0.05) is 22.4 Å². The smallest absolute Gasteiger partial charge is 0.416 e. The van der Waals surface area contributed by atoms with Crippen molar-refractivity contribution < 1.29 is 58.9 Å². The first-order valence-electron chi connectivity index (χ1n) is 15.3. The van der Waals surface area contributed by atoms with E-state index in [4.69, 9.17) is 4.74 Å². The maximum absolute atomic E-state index is 14.1. The van der Waals surface area contributed by atoms with Crippen molar-refractivity contribution in [2.75, 3.05) is 7.11 Å². The number of aryl methyl sites for hydroxylation is 1. The number of carbonyl (C=O) groups is 2. The van der Waals surface area contributed by atoms with Crippen LogP contribution >= 0.6 is 0 Å². The zero-order valence-corrected chi connectivity index (χ0v) is 26.5. The third kappa shape index (κ3) is 6.54. The van der Waals surface area contributed by atoms with Gasteiger partial charge in [0.05, 0.1) is 41.9 Å². The number of aromatic carboxylic acids is 1. The van der Waals surface area contributed by atoms with E-state index >= 15 is 0 Å². The summed E-state index contributed by atoms with van der Waals surface area (Å²) in [6.45, 7) is 1.57. The largest absolute Gasteiger partial charge is 0.495 e. The molecule has 0 spiro atoms. The monoisotopic (exact) mass is 723 g/mol. The molecule has 51 heavy (non-hydrogen) atoms. The molecule has 2 saturated heterocycles. The minimum atomic E-state index is -5.13. The minimum Gasteiger partial charge on any atom is -0.495 e. The number of nitrogens with one attached hydrogen (secondary N) is 1. The van der Waals surface area contributed by atoms with Crippen molar-refractivity contribution in [2.45, 2.75) is 56.4 Å². The molecule has 2 amide bonds. The SMILES string of the molecule is COc1c(-c2ccc(C(F)(F)F)cc2[C@@H]2CC[C@H]3[C@@H](c4cc(C(F)(F)F)cc(C(F)(F)F)c4)NC(=O)N23)cccc1-c1ccc(C(=O)O)nc1C. The van der Waals surface area contributed by atoms with E-state index in [9.17, 15) is 54.2 Å². The van der Waals surface area contributed by atoms with Crippen molar-refractivity contribution in [1.82, 2.24) is 15.2 Å². The second kappa shape index (κ2) is 12.5. The second-order valence-electron chi connectivity index (χ2n) is 12.2. The van der Waals surface area contributed by atoms with E-state index in [0.29, 0.717) is 34.5 Å². The van der Waals surface area contributed by atoms with Crippen LogP contribution in [-0.2, 0) is 18.5 Å². The van der Waals surface area contributed by atoms with Crippen LogP contribution in [0.4, 0.5) is 44.3 Å². The molecule has 268 valence electrons. The van der Waals surface area contributed by atoms with Crippen molar-refractivity contribution in [3.05, 3.63) is 106 Å². The molecule has 0 saturated carbocycles. The lowest BCUT2D eigenvalue weighted by atomic mass is 9.89. The van der Waals surface area contributed by atoms with Crippen LogP contribution in [0.15, 0.2) is 66.7 Å². The highest BCUT2D eigenvalue weighted by molar-refractivity contribution is 5.88. The average molecular weight is 724 g/mol. The van der Waals surface area contributed by atoms with E-state index in [0.717, 1.165) is 12.1 Å². The Bertz CT molecular complexity index is 2010. The van der Waals surface area contributed by atoms with Crippen molar-refractivity contribution in [3.8, 4) is 28.0 Å². The first-order chi connectivity index (χ1) is 23.8. The number of rotatable bonds is 6. The van der Waals surface area contributed by atoms with Gasteiger partial charge in [-0.2, -0.15) is 39.5 Å². The van der Waals surface area contributed by atoms with Crippen LogP contribution in [0, 0.1) is 6.92 Å². The molecule has 2 N–H and O–H groups in total. The van der Waals surface area contributed by atoms with Gasteiger partial charge in [-0.15, -0.1) is 0 Å². The highest BCUT2D eigenvalue weighted by Crippen LogP contribution is 2.51. The Morgan fingerprint density at radius 1 is 0.804 bits per heavy atom. The molecule has 3 aromatic carbocycles. The molecule has 3 heterocycles. The first kappa shape index (κ1) is 35.5. The molecule has 16 heteroatoms. The summed E-state index contributed by atoms with van der Waals surface area (Å²) >= 11 is 0. The summed E-state index contributed by atoms with van der Waals surface area (Å²) in [4.78, 5) is 30.2. The van der Waals surface area contributed by atoms with Gasteiger partial charge in [0.2, 0.25) is 0 Å². The van der Waals surface area contributed by atoms with Crippen LogP contribution in [0.2, 0.25) is 0 Å². The number of carboxylic acid groups (broad SMARTS) is 1. The molecule has 1 aromatic heterocycles. The molecule has 2 aliphatic rings. The number of para-hydroxylation sites is 1. The standard InChI is InChI=1S/C35H26F9N3O4/c1-16-21(8-9-26(45-16)31(48)49)23-4-3-5-24(30(23)51-2)22-7-6-18(33(36,37)38)15-25(22)27-10-11-28-29(46-32(50)47(27)28)17-12-19(34(39,40)41)14-20(13-17)35(42,43)44/h3-9,12-15,27-29H,10-11H2,1-2H3,(H,46,50)(H,48,49)/t27-,28-,29+/m0/s1. The first-order valence-corrected chi connectivity index (χ1v) is 15.3. The molecule has 0 unspecified atom stereocenters. The number of pyridine rings is 1. The fourth-order valence-electron chi connectivity index (χ4n) is 6.94. The van der Waals surface area contributed by atoms with Crippen LogP contribution < -0.4 is 10.1 Å². The molecule has 6 rings (SSSR count). The van der Waals surface area contributed by atoms with Crippen LogP contribution in [-0.4, -0.2) is 40.1 Å². The number of hydrogen-bond acceptors (Lipinski definition) is 4. The Balaban J connectivity index is 1.47. The number of aromatic nitrogens is 1. The van der Waals surface area contributed by atoms with Gasteiger partial charge in [0.25, 0.3) is 0 Å². The summed E-state index contributed by atoms with van der Waals surface area (Å²) in [6, 6.07) is 7.30. The quantitative estimate of drug-likeness (QED) is 0.194. The summed E-state index contributed by atoms with van der Waals surface area (Å²) in [5.41, 5.74) is -3.09. The number of hydrogen-bond donors (Lipinski definition) is 2. The third-order valence-corrected chi connectivity index (χ3v) is 9.14. The molecule has 4 aromatic rings. The molecule has 0 aliphatic carbocycles. The molecule has 0 radical (unpaired) electrons. The fraction of sp³-hybridized carbons (Fsp3) is 0.286. The summed E-state index contributed by atoms with van der Waals surface area (Å²) in [7, 11) is 1.33. The third-order valence-electron chi connectivity index (χ3n) is 9.14. The lowest BCUT2D eigenvalue weighted by molar-refractivity contribution is -0.143. The lowest BCUT2D eigenvalue weighted by Crippen LogP contribution is -2.32. The zero-order chi connectivity index (χ0) is 37.2. The Kier molecular flexibility index (Phi) is 8.71. The molecular weight excluding hydrogens is 697 g/mol. The van der Waals surface area contributed by atoms with Crippen LogP contribution in [0.3, 0.4) is 0 Å². The highest BCUT2D eigenvalue weighted by Gasteiger charge is 2.50. The van der Waals surface area contributed by atoms with Crippen LogP contribution in [0.25, 0.3) is 22.3 Å². The normalized spacial score (nSPS) is 19.2. The number of alkyl halides is 9. The van der Waals surface area contributed by atoms with Gasteiger partial charge in [0.1, 0.15) is 11.4 Å². The summed E-state index contributed by atoms with van der Waals surface area (Å²) in [5.74, 6) is -1.06. The van der Waals surface area contributed by atoms with E-state index in [1.54, 1.807) is 25.1 Å². The van der Waals surface area contributed by atoms with E-state index in [2.05, 4.69) is 10.3 Å². The predicted molar refractivity (Wildman–Crippen MR) is 164 cm³/mol. The molecule has 7 nitrogen and oxygen atoms in total. The average Bonchev–Trinajstić information content (AvgIpc) is 3.63. The van der Waals surface area contributed by atoms with Gasteiger partial charge >= 0.3 is 30.5 Å². The Labute approximate surface area is 283 Å². The van der Waals surface area contributed by atoms with Crippen molar-refractivity contribution in [2.24, 2.45) is 0 Å². The number of benzene rings is 3. The van der Waals surface area contributed by atoms with Crippen LogP contribution in [0.1, 0.15) is 68.9 Å². The summed E-state index contributed by atoms with van der Waals surface area (Å²) in [5, 5.41) is 11.8. The number of halogens is 9. The number of carboxylic acids is 1. The summed E-state index contributed by atoms with van der Waals surface area (Å²) < 4.78 is 130. The number of carbonyl (C=O) groups excluding carboxylic acids is 1. The Morgan fingerprint density at radius 2 is 1.39 bits per heavy atom. The maximum atomic E-state index is 14.1. The zero-order valence-electron chi connectivity index (χ0n) is 26.5. The van der Waals surface area contributed by atoms with Gasteiger partial charge in [-0.05, 0) is 72.9 Å². The molecule has 0 bridgehead atoms. The van der Waals surface area contributed by atoms with Crippen molar-refractivity contribution in [3.63, 3.8) is 0 Å². The van der Waals surface area contributed by atoms with Gasteiger partial charge in [-0.1, -0.05) is 30.3 Å². The van der Waals surface area contributed by atoms with Gasteiger partial charge in [-0.25, -0.2) is 14.6 Å². The molecular formula is C35H26F9N3O4. The molecule has 3 atom stereocenters. The Hall–Kier alpha value is -5.28. The van der Waals surface area contributed by atoms with E-state index in [1.165, 1.54) is 30.2 Å². The number of ether oxygens (including phenoxy) is 1. The number of fused-ring (bicyclic) bond motifs is 1. The topological polar surface area (TPSA) is 91.8 Å². The minimum absolute atomic E-state index is 0.0228. The molecule has 2 aliphatic heterocycles. The van der Waals surface area contributed by atoms with E-state index in [-0.39, 0.29) is 41.5 Å².